The van der Waals surface area contributed by atoms with E-state index in [1.165, 1.54) is 25.8 Å². The highest BCUT2D eigenvalue weighted by Crippen LogP contribution is 2.19. The van der Waals surface area contributed by atoms with Gasteiger partial charge in [-0.2, -0.15) is 0 Å². The van der Waals surface area contributed by atoms with Gasteiger partial charge in [0.15, 0.2) is 5.58 Å². The molecule has 1 aromatic heterocycles. The molecule has 2 heterocycles. The molecule has 0 N–H and O–H groups in total. The second-order valence-corrected chi connectivity index (χ2v) is 5.70. The van der Waals surface area contributed by atoms with Gasteiger partial charge >= 0.3 is 5.76 Å². The highest BCUT2D eigenvalue weighted by Gasteiger charge is 2.18. The Balaban J connectivity index is 1.71. The van der Waals surface area contributed by atoms with Crippen LogP contribution in [-0.4, -0.2) is 29.1 Å². The molecule has 0 aliphatic carbocycles. The number of likely N-dealkylation sites (tertiary alicyclic amines) is 1. The third-order valence-corrected chi connectivity index (χ3v) is 4.39. The van der Waals surface area contributed by atoms with E-state index in [-0.39, 0.29) is 5.76 Å². The summed E-state index contributed by atoms with van der Waals surface area (Å²) in [4.78, 5) is 14.4. The van der Waals surface area contributed by atoms with Crippen LogP contribution in [0.1, 0.15) is 26.2 Å². The van der Waals surface area contributed by atoms with Gasteiger partial charge in [-0.25, -0.2) is 4.79 Å². The molecule has 0 spiro atoms. The number of hydrogen-bond acceptors (Lipinski definition) is 3. The van der Waals surface area contributed by atoms with Gasteiger partial charge in [0.1, 0.15) is 0 Å². The van der Waals surface area contributed by atoms with Crippen LogP contribution in [0.25, 0.3) is 11.1 Å². The molecule has 0 saturated carbocycles. The Morgan fingerprint density at radius 2 is 2.15 bits per heavy atom. The van der Waals surface area contributed by atoms with E-state index in [4.69, 9.17) is 4.42 Å². The van der Waals surface area contributed by atoms with Gasteiger partial charge in [-0.1, -0.05) is 25.5 Å². The number of para-hydroxylation sites is 2. The number of nitrogens with zero attached hydrogens (tertiary/aromatic N) is 2. The smallest absolute Gasteiger partial charge is 0.408 e. The van der Waals surface area contributed by atoms with E-state index < -0.39 is 0 Å². The van der Waals surface area contributed by atoms with Crippen molar-refractivity contribution in [1.82, 2.24) is 9.47 Å². The predicted molar refractivity (Wildman–Crippen MR) is 79.9 cm³/mol. The molecule has 2 aromatic rings. The standard InChI is InChI=1S/C16H22N2O2/c1-2-13-6-5-9-17(12-13)10-11-18-14-7-3-4-8-15(14)20-16(18)19/h3-4,7-8,13H,2,5-6,9-12H2,1H3/t13-/m0/s1. The number of piperidine rings is 1. The van der Waals surface area contributed by atoms with Crippen molar-refractivity contribution >= 4 is 11.1 Å². The van der Waals surface area contributed by atoms with Gasteiger partial charge in [0, 0.05) is 19.6 Å². The number of oxazole rings is 1. The average Bonchev–Trinajstić information content (AvgIpc) is 2.81. The molecule has 1 saturated heterocycles. The summed E-state index contributed by atoms with van der Waals surface area (Å²) < 4.78 is 7.02. The highest BCUT2D eigenvalue weighted by atomic mass is 16.4. The van der Waals surface area contributed by atoms with Crippen molar-refractivity contribution in [3.05, 3.63) is 34.8 Å². The first kappa shape index (κ1) is 13.4. The molecule has 1 aromatic carbocycles. The zero-order valence-electron chi connectivity index (χ0n) is 12.0. The van der Waals surface area contributed by atoms with Crippen molar-refractivity contribution in [1.29, 1.82) is 0 Å². The Morgan fingerprint density at radius 1 is 1.30 bits per heavy atom. The summed E-state index contributed by atoms with van der Waals surface area (Å²) in [5.74, 6) is 0.580. The molecule has 0 radical (unpaired) electrons. The summed E-state index contributed by atoms with van der Waals surface area (Å²) in [6.07, 6.45) is 3.88. The largest absolute Gasteiger partial charge is 0.419 e. The Labute approximate surface area is 119 Å². The van der Waals surface area contributed by atoms with Crippen molar-refractivity contribution in [3.63, 3.8) is 0 Å². The zero-order valence-corrected chi connectivity index (χ0v) is 12.0. The Bertz CT molecular complexity index is 629. The van der Waals surface area contributed by atoms with Crippen LogP contribution in [-0.2, 0) is 6.54 Å². The maximum Gasteiger partial charge on any atom is 0.419 e. The fraction of sp³-hybridized carbons (Fsp3) is 0.562. The molecule has 0 amide bonds. The summed E-state index contributed by atoms with van der Waals surface area (Å²) >= 11 is 0. The topological polar surface area (TPSA) is 38.4 Å². The van der Waals surface area contributed by atoms with Crippen molar-refractivity contribution in [3.8, 4) is 0 Å². The predicted octanol–water partition coefficient (Wildman–Crippen LogP) is 2.72. The second kappa shape index (κ2) is 5.83. The molecule has 20 heavy (non-hydrogen) atoms. The molecule has 0 bridgehead atoms. The maximum atomic E-state index is 11.9. The summed E-state index contributed by atoms with van der Waals surface area (Å²) in [5, 5.41) is 0. The monoisotopic (exact) mass is 274 g/mol. The molecule has 1 aliphatic heterocycles. The van der Waals surface area contributed by atoms with Gasteiger partial charge in [-0.05, 0) is 37.4 Å². The van der Waals surface area contributed by atoms with Gasteiger partial charge in [-0.15, -0.1) is 0 Å². The van der Waals surface area contributed by atoms with E-state index >= 15 is 0 Å². The van der Waals surface area contributed by atoms with Crippen LogP contribution in [0, 0.1) is 5.92 Å². The minimum atomic E-state index is -0.241. The molecular weight excluding hydrogens is 252 g/mol. The lowest BCUT2D eigenvalue weighted by atomic mass is 9.96. The fourth-order valence-electron chi connectivity index (χ4n) is 3.15. The molecule has 4 nitrogen and oxygen atoms in total. The van der Waals surface area contributed by atoms with E-state index in [9.17, 15) is 4.79 Å². The first-order valence-electron chi connectivity index (χ1n) is 7.58. The second-order valence-electron chi connectivity index (χ2n) is 5.70. The Morgan fingerprint density at radius 3 is 3.00 bits per heavy atom. The van der Waals surface area contributed by atoms with Crippen LogP contribution < -0.4 is 5.76 Å². The van der Waals surface area contributed by atoms with E-state index in [0.717, 1.165) is 24.5 Å². The van der Waals surface area contributed by atoms with Crippen LogP contribution in [0.4, 0.5) is 0 Å². The first-order chi connectivity index (χ1) is 9.78. The maximum absolute atomic E-state index is 11.9. The van der Waals surface area contributed by atoms with Crippen molar-refractivity contribution < 1.29 is 4.42 Å². The Kier molecular flexibility index (Phi) is 3.92. The van der Waals surface area contributed by atoms with Crippen molar-refractivity contribution in [2.24, 2.45) is 5.92 Å². The van der Waals surface area contributed by atoms with Gasteiger partial charge in [-0.3, -0.25) is 4.57 Å². The van der Waals surface area contributed by atoms with E-state index in [1.807, 2.05) is 24.3 Å². The summed E-state index contributed by atoms with van der Waals surface area (Å²) in [5.41, 5.74) is 1.59. The normalized spacial score (nSPS) is 20.6. The van der Waals surface area contributed by atoms with E-state index in [0.29, 0.717) is 12.1 Å². The third-order valence-electron chi connectivity index (χ3n) is 4.39. The van der Waals surface area contributed by atoms with Crippen LogP contribution >= 0.6 is 0 Å². The molecule has 0 unspecified atom stereocenters. The molecule has 108 valence electrons. The lowest BCUT2D eigenvalue weighted by Crippen LogP contribution is -2.38. The molecule has 1 atom stereocenters. The SMILES string of the molecule is CC[C@H]1CCCN(CCn2c(=O)oc3ccccc32)C1. The van der Waals surface area contributed by atoms with Gasteiger partial charge < -0.3 is 9.32 Å². The van der Waals surface area contributed by atoms with Crippen LogP contribution in [0.3, 0.4) is 0 Å². The lowest BCUT2D eigenvalue weighted by molar-refractivity contribution is 0.166. The van der Waals surface area contributed by atoms with Gasteiger partial charge in [0.25, 0.3) is 0 Å². The number of fused-ring (bicyclic) bond motifs is 1. The number of hydrogen-bond donors (Lipinski definition) is 0. The van der Waals surface area contributed by atoms with Crippen LogP contribution in [0.2, 0.25) is 0 Å². The van der Waals surface area contributed by atoms with Crippen molar-refractivity contribution in [2.75, 3.05) is 19.6 Å². The highest BCUT2D eigenvalue weighted by molar-refractivity contribution is 5.72. The van der Waals surface area contributed by atoms with E-state index in [2.05, 4.69) is 11.8 Å². The van der Waals surface area contributed by atoms with Gasteiger partial charge in [0.2, 0.25) is 0 Å². The summed E-state index contributed by atoms with van der Waals surface area (Å²) in [7, 11) is 0. The average molecular weight is 274 g/mol. The number of aromatic nitrogens is 1. The summed E-state index contributed by atoms with van der Waals surface area (Å²) in [6.45, 7) is 6.23. The molecule has 1 fully saturated rings. The number of rotatable bonds is 4. The number of benzene rings is 1. The molecule has 4 heteroatoms. The molecular formula is C16H22N2O2. The molecule has 3 rings (SSSR count). The van der Waals surface area contributed by atoms with E-state index in [1.54, 1.807) is 4.57 Å². The van der Waals surface area contributed by atoms with Crippen LogP contribution in [0.5, 0.6) is 0 Å². The van der Waals surface area contributed by atoms with Crippen molar-refractivity contribution in [2.45, 2.75) is 32.7 Å². The minimum Gasteiger partial charge on any atom is -0.408 e. The summed E-state index contributed by atoms with van der Waals surface area (Å²) in [6, 6.07) is 7.64. The molecule has 1 aliphatic rings. The first-order valence-corrected chi connectivity index (χ1v) is 7.58. The quantitative estimate of drug-likeness (QED) is 0.860. The minimum absolute atomic E-state index is 0.241. The fourth-order valence-corrected chi connectivity index (χ4v) is 3.15. The zero-order chi connectivity index (χ0) is 13.9. The Hall–Kier alpha value is -1.55. The van der Waals surface area contributed by atoms with Gasteiger partial charge in [0.05, 0.1) is 5.52 Å². The lowest BCUT2D eigenvalue weighted by Gasteiger charge is -2.32. The van der Waals surface area contributed by atoms with Crippen LogP contribution in [0.15, 0.2) is 33.5 Å². The third kappa shape index (κ3) is 2.66.